The number of carboxylic acids is 2. The number of alkyl halides is 6. The van der Waals surface area contributed by atoms with Gasteiger partial charge < -0.3 is 15.5 Å². The fourth-order valence-electron chi connectivity index (χ4n) is 5.53. The Morgan fingerprint density at radius 3 is 2.07 bits per heavy atom. The van der Waals surface area contributed by atoms with Crippen molar-refractivity contribution >= 4 is 17.6 Å². The molecule has 5 rings (SSSR count). The van der Waals surface area contributed by atoms with Gasteiger partial charge in [0.25, 0.3) is 0 Å². The fourth-order valence-corrected chi connectivity index (χ4v) is 5.53. The minimum Gasteiger partial charge on any atom is -0.481 e. The summed E-state index contributed by atoms with van der Waals surface area (Å²) in [6.45, 7) is 2.24. The van der Waals surface area contributed by atoms with Crippen molar-refractivity contribution in [2.45, 2.75) is 81.7 Å². The summed E-state index contributed by atoms with van der Waals surface area (Å²) in [7, 11) is 0. The quantitative estimate of drug-likeness (QED) is 0.263. The highest BCUT2D eigenvalue weighted by Crippen LogP contribution is 2.45. The molecule has 0 spiro atoms. The van der Waals surface area contributed by atoms with E-state index in [-0.39, 0.29) is 12.3 Å². The first-order valence-corrected chi connectivity index (χ1v) is 14.0. The molecule has 230 valence electrons. The second kappa shape index (κ2) is 12.9. The second-order valence-corrected chi connectivity index (χ2v) is 11.4. The highest BCUT2D eigenvalue weighted by atomic mass is 19.4. The highest BCUT2D eigenvalue weighted by Gasteiger charge is 2.38. The molecular formula is C30H34F6N2O4. The van der Waals surface area contributed by atoms with Gasteiger partial charge in [-0.2, -0.15) is 26.3 Å². The van der Waals surface area contributed by atoms with Gasteiger partial charge in [-0.1, -0.05) is 18.2 Å². The van der Waals surface area contributed by atoms with Crippen molar-refractivity contribution in [3.63, 3.8) is 0 Å². The smallest absolute Gasteiger partial charge is 0.481 e. The molecule has 1 aliphatic heterocycles. The van der Waals surface area contributed by atoms with Crippen LogP contribution >= 0.6 is 0 Å². The molecule has 2 aliphatic carbocycles. The predicted octanol–water partition coefficient (Wildman–Crippen LogP) is 7.26. The Bertz CT molecular complexity index is 1250. The van der Waals surface area contributed by atoms with Crippen LogP contribution in [-0.2, 0) is 22.3 Å². The van der Waals surface area contributed by atoms with E-state index in [1.165, 1.54) is 12.1 Å². The van der Waals surface area contributed by atoms with Crippen LogP contribution in [-0.4, -0.2) is 52.4 Å². The number of carbonyl (C=O) groups is 2. The minimum atomic E-state index is -5.08. The van der Waals surface area contributed by atoms with Gasteiger partial charge in [-0.3, -0.25) is 9.69 Å². The maximum Gasteiger partial charge on any atom is 0.490 e. The largest absolute Gasteiger partial charge is 0.490 e. The number of nitrogens with zero attached hydrogens (tertiary/aromatic N) is 1. The molecule has 0 unspecified atom stereocenters. The van der Waals surface area contributed by atoms with Crippen molar-refractivity contribution in [3.05, 3.63) is 64.7 Å². The van der Waals surface area contributed by atoms with Gasteiger partial charge in [0.05, 0.1) is 12.0 Å². The summed E-state index contributed by atoms with van der Waals surface area (Å²) < 4.78 is 71.6. The summed E-state index contributed by atoms with van der Waals surface area (Å²) in [6, 6.07) is 12.7. The van der Waals surface area contributed by atoms with Crippen LogP contribution in [0.15, 0.2) is 42.5 Å². The van der Waals surface area contributed by atoms with Gasteiger partial charge in [0, 0.05) is 31.4 Å². The number of hydrogen-bond acceptors (Lipinski definition) is 4. The van der Waals surface area contributed by atoms with Crippen LogP contribution in [0.1, 0.15) is 79.0 Å². The van der Waals surface area contributed by atoms with E-state index < -0.39 is 29.9 Å². The molecule has 1 heterocycles. The number of nitrogens with one attached hydrogen (secondary N) is 1. The number of benzene rings is 2. The van der Waals surface area contributed by atoms with Crippen molar-refractivity contribution in [1.82, 2.24) is 4.90 Å². The van der Waals surface area contributed by atoms with E-state index in [0.717, 1.165) is 74.0 Å². The third-order valence-corrected chi connectivity index (χ3v) is 7.98. The average molecular weight is 601 g/mol. The third kappa shape index (κ3) is 9.11. The first-order valence-electron chi connectivity index (χ1n) is 14.0. The van der Waals surface area contributed by atoms with E-state index in [1.807, 2.05) is 18.2 Å². The Hall–Kier alpha value is -3.28. The topological polar surface area (TPSA) is 89.9 Å². The zero-order valence-corrected chi connectivity index (χ0v) is 22.8. The predicted molar refractivity (Wildman–Crippen MR) is 143 cm³/mol. The lowest BCUT2D eigenvalue weighted by Gasteiger charge is -2.33. The van der Waals surface area contributed by atoms with Crippen molar-refractivity contribution in [2.24, 2.45) is 5.92 Å². The number of piperidine rings is 1. The number of carboxylic acid groups (broad SMARTS) is 2. The van der Waals surface area contributed by atoms with E-state index in [2.05, 4.69) is 16.3 Å². The SMILES string of the molecule is O=C(O)C(F)(F)F.O=C(O)C[C@H](c1cccc(NC2CCN(Cc3cc(C(F)(F)F)ccc3C3CC3)CC2)c1)C1CC1. The Kier molecular flexibility index (Phi) is 9.74. The Morgan fingerprint density at radius 1 is 0.905 bits per heavy atom. The van der Waals surface area contributed by atoms with Gasteiger partial charge in [-0.15, -0.1) is 0 Å². The maximum absolute atomic E-state index is 13.3. The molecule has 0 bridgehead atoms. The van der Waals surface area contributed by atoms with Crippen molar-refractivity contribution < 1.29 is 46.1 Å². The first kappa shape index (κ1) is 31.7. The van der Waals surface area contributed by atoms with Crippen LogP contribution in [0.2, 0.25) is 0 Å². The van der Waals surface area contributed by atoms with Crippen LogP contribution in [0.4, 0.5) is 32.0 Å². The van der Waals surface area contributed by atoms with Gasteiger partial charge in [-0.05, 0) is 97.2 Å². The van der Waals surface area contributed by atoms with Gasteiger partial charge in [0.1, 0.15) is 0 Å². The van der Waals surface area contributed by atoms with E-state index in [9.17, 15) is 36.2 Å². The molecule has 6 nitrogen and oxygen atoms in total. The van der Waals surface area contributed by atoms with E-state index in [1.54, 1.807) is 6.07 Å². The molecule has 3 aliphatic rings. The summed E-state index contributed by atoms with van der Waals surface area (Å²) in [4.78, 5) is 22.5. The Labute approximate surface area is 239 Å². The number of anilines is 1. The van der Waals surface area contributed by atoms with Gasteiger partial charge >= 0.3 is 24.3 Å². The van der Waals surface area contributed by atoms with E-state index in [0.29, 0.717) is 24.4 Å². The number of halogens is 6. The second-order valence-electron chi connectivity index (χ2n) is 11.4. The maximum atomic E-state index is 13.3. The van der Waals surface area contributed by atoms with Gasteiger partial charge in [0.2, 0.25) is 0 Å². The number of likely N-dealkylation sites (tertiary alicyclic amines) is 1. The fraction of sp³-hybridized carbons (Fsp3) is 0.533. The van der Waals surface area contributed by atoms with Crippen molar-refractivity contribution in [1.29, 1.82) is 0 Å². The molecule has 0 amide bonds. The lowest BCUT2D eigenvalue weighted by atomic mass is 9.90. The van der Waals surface area contributed by atoms with Gasteiger partial charge in [-0.25, -0.2) is 4.79 Å². The molecule has 3 fully saturated rings. The van der Waals surface area contributed by atoms with E-state index in [4.69, 9.17) is 9.90 Å². The molecule has 42 heavy (non-hydrogen) atoms. The average Bonchev–Trinajstić information content (AvgIpc) is 3.82. The molecule has 1 atom stereocenters. The van der Waals surface area contributed by atoms with Gasteiger partial charge in [0.15, 0.2) is 0 Å². The molecule has 1 saturated heterocycles. The zero-order chi connectivity index (χ0) is 30.7. The number of aliphatic carboxylic acids is 2. The lowest BCUT2D eigenvalue weighted by molar-refractivity contribution is -0.192. The summed E-state index contributed by atoms with van der Waals surface area (Å²) in [5.74, 6) is -2.55. The third-order valence-electron chi connectivity index (χ3n) is 7.98. The van der Waals surface area contributed by atoms with Crippen LogP contribution in [0.5, 0.6) is 0 Å². The standard InChI is InChI=1S/C28H33F3N2O2.C2HF3O2/c29-28(30,31)22-8-9-25(18-4-5-18)21(14-22)17-33-12-10-23(11-13-33)32-24-3-1-2-20(15-24)26(16-27(34)35)19-6-7-19;3-2(4,5)1(6)7/h1-3,8-9,14-15,18-19,23,26,32H,4-7,10-13,16-17H2,(H,34,35);(H,6,7)/t26-;/m0./s1. The molecule has 0 aromatic heterocycles. The summed E-state index contributed by atoms with van der Waals surface area (Å²) in [5.41, 5.74) is 3.47. The molecule has 3 N–H and O–H groups in total. The number of rotatable bonds is 9. The molecule has 2 saturated carbocycles. The highest BCUT2D eigenvalue weighted by molar-refractivity contribution is 5.73. The van der Waals surface area contributed by atoms with Crippen LogP contribution in [0, 0.1) is 5.92 Å². The zero-order valence-electron chi connectivity index (χ0n) is 22.8. The minimum absolute atomic E-state index is 0.0734. The molecule has 0 radical (unpaired) electrons. The summed E-state index contributed by atoms with van der Waals surface area (Å²) >= 11 is 0. The Balaban J connectivity index is 0.000000517. The molecular weight excluding hydrogens is 566 g/mol. The lowest BCUT2D eigenvalue weighted by Crippen LogP contribution is -2.38. The molecule has 2 aromatic carbocycles. The monoisotopic (exact) mass is 600 g/mol. The van der Waals surface area contributed by atoms with Crippen molar-refractivity contribution in [3.8, 4) is 0 Å². The summed E-state index contributed by atoms with van der Waals surface area (Å²) in [5, 5.41) is 20.1. The number of hydrogen-bond donors (Lipinski definition) is 3. The van der Waals surface area contributed by atoms with Crippen LogP contribution in [0.25, 0.3) is 0 Å². The van der Waals surface area contributed by atoms with Crippen LogP contribution < -0.4 is 5.32 Å². The first-order chi connectivity index (χ1) is 19.7. The normalized spacial score (nSPS) is 19.0. The summed E-state index contributed by atoms with van der Waals surface area (Å²) in [6.07, 6.45) is -3.05. The van der Waals surface area contributed by atoms with E-state index >= 15 is 0 Å². The van der Waals surface area contributed by atoms with Crippen molar-refractivity contribution in [2.75, 3.05) is 18.4 Å². The van der Waals surface area contributed by atoms with Crippen LogP contribution in [0.3, 0.4) is 0 Å². The Morgan fingerprint density at radius 2 is 1.55 bits per heavy atom. The molecule has 12 heteroatoms. The molecule has 2 aromatic rings.